The minimum Gasteiger partial charge on any atom is -0.389 e. The third-order valence-electron chi connectivity index (χ3n) is 2.36. The molecular formula is C12H16BrN3OS. The van der Waals surface area contributed by atoms with E-state index in [9.17, 15) is 4.79 Å². The highest BCUT2D eigenvalue weighted by Gasteiger charge is 2.12. The molecule has 1 atom stereocenters. The van der Waals surface area contributed by atoms with Gasteiger partial charge in [-0.2, -0.15) is 0 Å². The fourth-order valence-corrected chi connectivity index (χ4v) is 2.35. The number of thiocarbonyl (C=S) groups is 1. The van der Waals surface area contributed by atoms with Gasteiger partial charge in [0.15, 0.2) is 0 Å². The number of amides is 1. The average Bonchev–Trinajstić information content (AvgIpc) is 2.28. The van der Waals surface area contributed by atoms with Gasteiger partial charge in [0.05, 0.1) is 0 Å². The third kappa shape index (κ3) is 3.96. The van der Waals surface area contributed by atoms with Gasteiger partial charge >= 0.3 is 0 Å². The van der Waals surface area contributed by atoms with Crippen LogP contribution in [0.1, 0.15) is 19.4 Å². The van der Waals surface area contributed by atoms with Crippen LogP contribution in [0.25, 0.3) is 0 Å². The molecule has 0 aliphatic rings. The lowest BCUT2D eigenvalue weighted by Crippen LogP contribution is -2.37. The highest BCUT2D eigenvalue weighted by Crippen LogP contribution is 2.22. The highest BCUT2D eigenvalue weighted by atomic mass is 79.9. The monoisotopic (exact) mass is 329 g/mol. The van der Waals surface area contributed by atoms with Gasteiger partial charge in [-0.3, -0.25) is 4.79 Å². The van der Waals surface area contributed by atoms with Gasteiger partial charge in [0.25, 0.3) is 0 Å². The number of likely N-dealkylation sites (N-methyl/N-ethyl adjacent to an activating group) is 1. The third-order valence-corrected chi connectivity index (χ3v) is 3.24. The van der Waals surface area contributed by atoms with Gasteiger partial charge in [-0.15, -0.1) is 0 Å². The number of carbonyl (C=O) groups excluding carboxylic acids is 1. The SMILES string of the molecule is CCNC(=O)C(C)Nc1ccc(C(N)=S)c(Br)c1. The van der Waals surface area contributed by atoms with Gasteiger partial charge in [-0.05, 0) is 48.0 Å². The van der Waals surface area contributed by atoms with Crippen LogP contribution >= 0.6 is 28.1 Å². The molecule has 0 heterocycles. The molecule has 0 bridgehead atoms. The lowest BCUT2D eigenvalue weighted by atomic mass is 10.2. The number of halogens is 1. The molecule has 0 spiro atoms. The summed E-state index contributed by atoms with van der Waals surface area (Å²) in [7, 11) is 0. The number of rotatable bonds is 5. The maximum atomic E-state index is 11.6. The zero-order valence-corrected chi connectivity index (χ0v) is 12.7. The van der Waals surface area contributed by atoms with Crippen LogP contribution in [-0.4, -0.2) is 23.5 Å². The van der Waals surface area contributed by atoms with Crippen molar-refractivity contribution in [1.82, 2.24) is 5.32 Å². The molecule has 0 saturated heterocycles. The van der Waals surface area contributed by atoms with Crippen LogP contribution in [0.5, 0.6) is 0 Å². The fourth-order valence-electron chi connectivity index (χ4n) is 1.45. The Bertz CT molecular complexity index is 465. The van der Waals surface area contributed by atoms with E-state index in [1.165, 1.54) is 0 Å². The summed E-state index contributed by atoms with van der Waals surface area (Å²) >= 11 is 8.32. The van der Waals surface area contributed by atoms with Gasteiger partial charge in [-0.25, -0.2) is 0 Å². The number of nitrogens with two attached hydrogens (primary N) is 1. The van der Waals surface area contributed by atoms with Crippen molar-refractivity contribution >= 4 is 44.7 Å². The molecule has 0 saturated carbocycles. The van der Waals surface area contributed by atoms with Crippen LogP contribution in [-0.2, 0) is 4.79 Å². The first kappa shape index (κ1) is 14.9. The van der Waals surface area contributed by atoms with Gasteiger partial charge in [0.1, 0.15) is 11.0 Å². The molecule has 0 radical (unpaired) electrons. The predicted molar refractivity (Wildman–Crippen MR) is 81.8 cm³/mol. The second kappa shape index (κ2) is 6.70. The van der Waals surface area contributed by atoms with Crippen molar-refractivity contribution in [1.29, 1.82) is 0 Å². The van der Waals surface area contributed by atoms with Gasteiger partial charge in [0.2, 0.25) is 5.91 Å². The van der Waals surface area contributed by atoms with Crippen molar-refractivity contribution in [2.45, 2.75) is 19.9 Å². The minimum atomic E-state index is -0.299. The Labute approximate surface area is 120 Å². The zero-order chi connectivity index (χ0) is 13.7. The van der Waals surface area contributed by atoms with Gasteiger partial charge in [-0.1, -0.05) is 12.2 Å². The topological polar surface area (TPSA) is 67.2 Å². The summed E-state index contributed by atoms with van der Waals surface area (Å²) in [6.07, 6.45) is 0. The van der Waals surface area contributed by atoms with Crippen LogP contribution < -0.4 is 16.4 Å². The molecule has 18 heavy (non-hydrogen) atoms. The molecule has 1 aromatic rings. The minimum absolute atomic E-state index is 0.0351. The molecule has 6 heteroatoms. The number of hydrogen-bond donors (Lipinski definition) is 3. The van der Waals surface area contributed by atoms with Gasteiger partial charge in [0, 0.05) is 22.3 Å². The van der Waals surface area contributed by atoms with Crippen LogP contribution in [0, 0.1) is 0 Å². The van der Waals surface area contributed by atoms with E-state index in [2.05, 4.69) is 26.6 Å². The second-order valence-corrected chi connectivity index (χ2v) is 5.11. The molecule has 1 aromatic carbocycles. The summed E-state index contributed by atoms with van der Waals surface area (Å²) in [5.74, 6) is -0.0351. The highest BCUT2D eigenvalue weighted by molar-refractivity contribution is 9.10. The van der Waals surface area contributed by atoms with Crippen LogP contribution in [0.15, 0.2) is 22.7 Å². The van der Waals surface area contributed by atoms with E-state index >= 15 is 0 Å². The van der Waals surface area contributed by atoms with Crippen molar-refractivity contribution < 1.29 is 4.79 Å². The Morgan fingerprint density at radius 3 is 2.72 bits per heavy atom. The molecule has 1 unspecified atom stereocenters. The molecule has 98 valence electrons. The first-order valence-electron chi connectivity index (χ1n) is 5.59. The summed E-state index contributed by atoms with van der Waals surface area (Å²) in [6, 6.07) is 5.21. The molecule has 4 nitrogen and oxygen atoms in total. The quantitative estimate of drug-likeness (QED) is 0.723. The number of anilines is 1. The van der Waals surface area contributed by atoms with E-state index in [4.69, 9.17) is 18.0 Å². The van der Waals surface area contributed by atoms with E-state index < -0.39 is 0 Å². The van der Waals surface area contributed by atoms with E-state index in [-0.39, 0.29) is 11.9 Å². The van der Waals surface area contributed by atoms with Crippen molar-refractivity contribution in [2.24, 2.45) is 5.73 Å². The van der Waals surface area contributed by atoms with Crippen molar-refractivity contribution in [3.8, 4) is 0 Å². The smallest absolute Gasteiger partial charge is 0.242 e. The summed E-state index contributed by atoms with van der Waals surface area (Å²) in [5.41, 5.74) is 7.18. The lowest BCUT2D eigenvalue weighted by Gasteiger charge is -2.15. The number of hydrogen-bond acceptors (Lipinski definition) is 3. The van der Waals surface area contributed by atoms with Crippen molar-refractivity contribution in [3.05, 3.63) is 28.2 Å². The van der Waals surface area contributed by atoms with E-state index in [1.807, 2.05) is 25.1 Å². The normalized spacial score (nSPS) is 11.7. The number of benzene rings is 1. The van der Waals surface area contributed by atoms with Gasteiger partial charge < -0.3 is 16.4 Å². The standard InChI is InChI=1S/C12H16BrN3OS/c1-3-15-12(17)7(2)16-8-4-5-9(11(14)18)10(13)6-8/h4-7,16H,3H2,1-2H3,(H2,14,18)(H,15,17). The maximum Gasteiger partial charge on any atom is 0.242 e. The lowest BCUT2D eigenvalue weighted by molar-refractivity contribution is -0.121. The first-order valence-corrected chi connectivity index (χ1v) is 6.79. The summed E-state index contributed by atoms with van der Waals surface area (Å²) < 4.78 is 0.808. The number of carbonyl (C=O) groups is 1. The molecule has 0 fully saturated rings. The first-order chi connectivity index (χ1) is 8.45. The fraction of sp³-hybridized carbons (Fsp3) is 0.333. The average molecular weight is 330 g/mol. The molecule has 0 aromatic heterocycles. The molecule has 4 N–H and O–H groups in total. The van der Waals surface area contributed by atoms with Crippen LogP contribution in [0.3, 0.4) is 0 Å². The van der Waals surface area contributed by atoms with E-state index in [0.29, 0.717) is 11.5 Å². The Kier molecular flexibility index (Phi) is 5.55. The number of nitrogens with one attached hydrogen (secondary N) is 2. The van der Waals surface area contributed by atoms with Crippen molar-refractivity contribution in [3.63, 3.8) is 0 Å². The molecule has 0 aliphatic carbocycles. The van der Waals surface area contributed by atoms with E-state index in [1.54, 1.807) is 6.92 Å². The molecule has 0 aliphatic heterocycles. The molecule has 1 rings (SSSR count). The Morgan fingerprint density at radius 2 is 2.22 bits per heavy atom. The molecule has 1 amide bonds. The largest absolute Gasteiger partial charge is 0.389 e. The Balaban J connectivity index is 2.77. The summed E-state index contributed by atoms with van der Waals surface area (Å²) in [5, 5.41) is 5.86. The Morgan fingerprint density at radius 1 is 1.56 bits per heavy atom. The van der Waals surface area contributed by atoms with Crippen molar-refractivity contribution in [2.75, 3.05) is 11.9 Å². The Hall–Kier alpha value is -1.14. The maximum absolute atomic E-state index is 11.6. The molecular weight excluding hydrogens is 314 g/mol. The van der Waals surface area contributed by atoms with Crippen LogP contribution in [0.4, 0.5) is 5.69 Å². The predicted octanol–water partition coefficient (Wildman–Crippen LogP) is 2.02. The van der Waals surface area contributed by atoms with Crippen LogP contribution in [0.2, 0.25) is 0 Å². The summed E-state index contributed by atoms with van der Waals surface area (Å²) in [6.45, 7) is 4.31. The second-order valence-electron chi connectivity index (χ2n) is 3.82. The van der Waals surface area contributed by atoms with E-state index in [0.717, 1.165) is 15.7 Å². The zero-order valence-electron chi connectivity index (χ0n) is 10.3. The summed E-state index contributed by atoms with van der Waals surface area (Å²) in [4.78, 5) is 11.9.